The van der Waals surface area contributed by atoms with Gasteiger partial charge in [-0.2, -0.15) is 0 Å². The van der Waals surface area contributed by atoms with Crippen LogP contribution in [0.15, 0.2) is 65.7 Å². The summed E-state index contributed by atoms with van der Waals surface area (Å²) in [6, 6.07) is 13.7. The molecule has 30 heavy (non-hydrogen) atoms. The van der Waals surface area contributed by atoms with Crippen LogP contribution in [0.3, 0.4) is 0 Å². The van der Waals surface area contributed by atoms with E-state index < -0.39 is 12.2 Å². The highest BCUT2D eigenvalue weighted by atomic mass is 19.1. The summed E-state index contributed by atoms with van der Waals surface area (Å²) in [6.07, 6.45) is 2.21. The molecule has 0 aliphatic carbocycles. The van der Waals surface area contributed by atoms with Crippen LogP contribution in [0.2, 0.25) is 0 Å². The van der Waals surface area contributed by atoms with Gasteiger partial charge >= 0.3 is 0 Å². The molecular weight excluding hydrogens is 385 g/mol. The van der Waals surface area contributed by atoms with E-state index in [4.69, 9.17) is 0 Å². The molecule has 7 nitrogen and oxygen atoms in total. The number of hydrogen-bond donors (Lipinski definition) is 1. The number of nitrogens with one attached hydrogen (secondary N) is 1. The Morgan fingerprint density at radius 1 is 1.17 bits per heavy atom. The molecule has 1 N–H and O–H groups in total. The van der Waals surface area contributed by atoms with Gasteiger partial charge < -0.3 is 10.2 Å². The number of carbonyl (C=O) groups excluding carboxylic acids is 1. The van der Waals surface area contributed by atoms with E-state index in [0.717, 1.165) is 11.1 Å². The van der Waals surface area contributed by atoms with Gasteiger partial charge in [0.05, 0.1) is 24.7 Å². The second kappa shape index (κ2) is 8.44. The first-order chi connectivity index (χ1) is 14.5. The Kier molecular flexibility index (Phi) is 5.56. The van der Waals surface area contributed by atoms with Crippen molar-refractivity contribution in [2.24, 2.45) is 7.05 Å². The molecule has 1 fully saturated rings. The lowest BCUT2D eigenvalue weighted by molar-refractivity contribution is -0.129. The first-order valence-electron chi connectivity index (χ1n) is 9.72. The molecule has 0 radical (unpaired) electrons. The number of pyridine rings is 1. The lowest BCUT2D eigenvalue weighted by atomic mass is 10.1. The van der Waals surface area contributed by atoms with E-state index in [1.54, 1.807) is 31.6 Å². The Labute approximate surface area is 173 Å². The van der Waals surface area contributed by atoms with Gasteiger partial charge in [-0.05, 0) is 17.7 Å². The van der Waals surface area contributed by atoms with E-state index in [2.05, 4.69) is 15.3 Å². The van der Waals surface area contributed by atoms with E-state index in [-0.39, 0.29) is 36.9 Å². The van der Waals surface area contributed by atoms with Crippen LogP contribution < -0.4 is 10.9 Å². The van der Waals surface area contributed by atoms with Crippen molar-refractivity contribution in [2.75, 3.05) is 18.4 Å². The highest BCUT2D eigenvalue weighted by Crippen LogP contribution is 2.20. The highest BCUT2D eigenvalue weighted by Gasteiger charge is 2.36. The number of alkyl halides is 1. The quantitative estimate of drug-likeness (QED) is 0.700. The van der Waals surface area contributed by atoms with Gasteiger partial charge in [0.1, 0.15) is 6.17 Å². The molecular formula is C22H22FN5O2. The summed E-state index contributed by atoms with van der Waals surface area (Å²) in [7, 11) is 1.58. The summed E-state index contributed by atoms with van der Waals surface area (Å²) in [5.41, 5.74) is 1.86. The Bertz CT molecular complexity index is 1090. The number of nitrogens with zero attached hydrogens (tertiary/aromatic N) is 4. The molecule has 0 spiro atoms. The van der Waals surface area contributed by atoms with Crippen molar-refractivity contribution in [2.45, 2.75) is 18.6 Å². The topological polar surface area (TPSA) is 80.1 Å². The summed E-state index contributed by atoms with van der Waals surface area (Å²) in [5, 5.41) is 3.03. The molecule has 8 heteroatoms. The molecule has 1 aliphatic heterocycles. The van der Waals surface area contributed by atoms with Crippen molar-refractivity contribution in [1.82, 2.24) is 19.4 Å². The summed E-state index contributed by atoms with van der Waals surface area (Å²) in [6.45, 7) is 0.226. The van der Waals surface area contributed by atoms with Crippen molar-refractivity contribution >= 4 is 11.9 Å². The van der Waals surface area contributed by atoms with Crippen molar-refractivity contribution < 1.29 is 9.18 Å². The number of amides is 1. The monoisotopic (exact) mass is 407 g/mol. The van der Waals surface area contributed by atoms with Crippen molar-refractivity contribution in [3.63, 3.8) is 0 Å². The lowest BCUT2D eigenvalue weighted by Gasteiger charge is -2.19. The number of likely N-dealkylation sites (tertiary alicyclic amines) is 1. The number of benzene rings is 1. The van der Waals surface area contributed by atoms with Gasteiger partial charge in [-0.3, -0.25) is 19.1 Å². The third kappa shape index (κ3) is 4.22. The highest BCUT2D eigenvalue weighted by molar-refractivity contribution is 5.79. The van der Waals surface area contributed by atoms with Crippen molar-refractivity contribution in [3.8, 4) is 11.3 Å². The average Bonchev–Trinajstić information content (AvgIpc) is 3.13. The third-order valence-electron chi connectivity index (χ3n) is 5.22. The standard InChI is InChI=1S/C22H22FN5O2/c1-27-20(29)12-18(16-7-9-24-10-8-16)25-22(27)26-19-14-28(13-17(19)23)21(30)11-15-5-3-2-4-6-15/h2-10,12,17,19H,11,13-14H2,1H3,(H,25,26)/t17-,19+/m1/s1. The molecule has 3 heterocycles. The molecule has 0 bridgehead atoms. The average molecular weight is 407 g/mol. The maximum absolute atomic E-state index is 14.7. The van der Waals surface area contributed by atoms with Crippen LogP contribution in [0.4, 0.5) is 10.3 Å². The fourth-order valence-corrected chi connectivity index (χ4v) is 3.49. The zero-order chi connectivity index (χ0) is 21.1. The van der Waals surface area contributed by atoms with Gasteiger partial charge in [0.15, 0.2) is 0 Å². The normalized spacial score (nSPS) is 18.4. The molecule has 1 amide bonds. The van der Waals surface area contributed by atoms with Crippen LogP contribution in [0.25, 0.3) is 11.3 Å². The second-order valence-corrected chi connectivity index (χ2v) is 7.33. The summed E-state index contributed by atoms with van der Waals surface area (Å²) in [5.74, 6) is 0.139. The van der Waals surface area contributed by atoms with Crippen LogP contribution >= 0.6 is 0 Å². The third-order valence-corrected chi connectivity index (χ3v) is 5.22. The first-order valence-corrected chi connectivity index (χ1v) is 9.72. The Balaban J connectivity index is 1.50. The Hall–Kier alpha value is -3.55. The zero-order valence-electron chi connectivity index (χ0n) is 16.5. The number of hydrogen-bond acceptors (Lipinski definition) is 5. The zero-order valence-corrected chi connectivity index (χ0v) is 16.5. The minimum absolute atomic E-state index is 0.0152. The molecule has 2 atom stereocenters. The molecule has 154 valence electrons. The van der Waals surface area contributed by atoms with Gasteiger partial charge in [0, 0.05) is 37.6 Å². The van der Waals surface area contributed by atoms with Crippen LogP contribution in [-0.4, -0.2) is 50.6 Å². The first kappa shape index (κ1) is 19.8. The van der Waals surface area contributed by atoms with Gasteiger partial charge in [-0.25, -0.2) is 9.37 Å². The molecule has 1 saturated heterocycles. The van der Waals surface area contributed by atoms with E-state index in [0.29, 0.717) is 5.69 Å². The fraction of sp³-hybridized carbons (Fsp3) is 0.273. The van der Waals surface area contributed by atoms with E-state index in [1.807, 2.05) is 30.3 Å². The molecule has 0 saturated carbocycles. The minimum atomic E-state index is -1.26. The van der Waals surface area contributed by atoms with Crippen molar-refractivity contribution in [1.29, 1.82) is 0 Å². The predicted molar refractivity (Wildman–Crippen MR) is 112 cm³/mol. The Morgan fingerprint density at radius 3 is 2.63 bits per heavy atom. The smallest absolute Gasteiger partial charge is 0.255 e. The van der Waals surface area contributed by atoms with Gasteiger partial charge in [-0.15, -0.1) is 0 Å². The maximum Gasteiger partial charge on any atom is 0.255 e. The number of rotatable bonds is 5. The van der Waals surface area contributed by atoms with E-state index in [1.165, 1.54) is 15.5 Å². The second-order valence-electron chi connectivity index (χ2n) is 7.33. The van der Waals surface area contributed by atoms with Crippen LogP contribution in [0, 0.1) is 0 Å². The molecule has 1 aromatic carbocycles. The lowest BCUT2D eigenvalue weighted by Crippen LogP contribution is -2.35. The number of halogens is 1. The Morgan fingerprint density at radius 2 is 1.90 bits per heavy atom. The van der Waals surface area contributed by atoms with Gasteiger partial charge in [-0.1, -0.05) is 30.3 Å². The molecule has 2 aromatic heterocycles. The number of carbonyl (C=O) groups is 1. The molecule has 3 aromatic rings. The van der Waals surface area contributed by atoms with Crippen molar-refractivity contribution in [3.05, 3.63) is 76.8 Å². The largest absolute Gasteiger partial charge is 0.348 e. The molecule has 1 aliphatic rings. The molecule has 0 unspecified atom stereocenters. The summed E-state index contributed by atoms with van der Waals surface area (Å²) < 4.78 is 16.0. The number of anilines is 1. The minimum Gasteiger partial charge on any atom is -0.348 e. The maximum atomic E-state index is 14.7. The number of aromatic nitrogens is 3. The van der Waals surface area contributed by atoms with Crippen LogP contribution in [-0.2, 0) is 18.3 Å². The molecule has 4 rings (SSSR count). The van der Waals surface area contributed by atoms with E-state index >= 15 is 0 Å². The summed E-state index contributed by atoms with van der Waals surface area (Å²) in [4.78, 5) is 34.9. The van der Waals surface area contributed by atoms with Gasteiger partial charge in [0.2, 0.25) is 11.9 Å². The summed E-state index contributed by atoms with van der Waals surface area (Å²) >= 11 is 0. The fourth-order valence-electron chi connectivity index (χ4n) is 3.49. The SMILES string of the molecule is Cn1c(N[C@H]2CN(C(=O)Cc3ccccc3)C[C@H]2F)nc(-c2ccncc2)cc1=O. The van der Waals surface area contributed by atoms with E-state index in [9.17, 15) is 14.0 Å². The van der Waals surface area contributed by atoms with Gasteiger partial charge in [0.25, 0.3) is 5.56 Å². The van der Waals surface area contributed by atoms with Crippen LogP contribution in [0.5, 0.6) is 0 Å². The van der Waals surface area contributed by atoms with Crippen LogP contribution in [0.1, 0.15) is 5.56 Å². The predicted octanol–water partition coefficient (Wildman–Crippen LogP) is 2.05.